The Morgan fingerprint density at radius 2 is 1.82 bits per heavy atom. The number of allylic oxidation sites excluding steroid dienone is 1. The maximum absolute atomic E-state index is 6.03. The fourth-order valence-corrected chi connectivity index (χ4v) is 4.86. The van der Waals surface area contributed by atoms with Crippen LogP contribution < -0.4 is 0 Å². The van der Waals surface area contributed by atoms with Crippen LogP contribution in [0.15, 0.2) is 12.2 Å². The van der Waals surface area contributed by atoms with Crippen LogP contribution in [0.2, 0.25) is 5.54 Å². The highest BCUT2D eigenvalue weighted by atomic mass is 28.3. The summed E-state index contributed by atoms with van der Waals surface area (Å²) in [5.74, 6) is 0.862. The van der Waals surface area contributed by atoms with Gasteiger partial charge in [-0.25, -0.2) is 0 Å². The molecule has 0 saturated heterocycles. The third kappa shape index (κ3) is 4.94. The second-order valence-electron chi connectivity index (χ2n) is 5.32. The third-order valence-electron chi connectivity index (χ3n) is 3.75. The second-order valence-corrected chi connectivity index (χ2v) is 7.67. The van der Waals surface area contributed by atoms with Gasteiger partial charge in [0.2, 0.25) is 0 Å². The molecule has 98 valence electrons. The van der Waals surface area contributed by atoms with E-state index in [0.29, 0.717) is 0 Å². The summed E-state index contributed by atoms with van der Waals surface area (Å²) >= 11 is 0. The third-order valence-corrected chi connectivity index (χ3v) is 6.37. The SMILES string of the molecule is CCO[SiH](OCC=CC1CC1)C1CCCCC1. The van der Waals surface area contributed by atoms with Crippen LogP contribution in [-0.4, -0.2) is 22.5 Å². The van der Waals surface area contributed by atoms with Crippen molar-refractivity contribution < 1.29 is 8.85 Å². The fraction of sp³-hybridized carbons (Fsp3) is 0.857. The van der Waals surface area contributed by atoms with Crippen molar-refractivity contribution in [2.45, 2.75) is 57.4 Å². The Labute approximate surface area is 107 Å². The smallest absolute Gasteiger partial charge is 0.324 e. The molecule has 0 aromatic rings. The van der Waals surface area contributed by atoms with Crippen molar-refractivity contribution in [3.05, 3.63) is 12.2 Å². The predicted octanol–water partition coefficient (Wildman–Crippen LogP) is 3.56. The molecule has 2 rings (SSSR count). The Hall–Kier alpha value is -0.123. The van der Waals surface area contributed by atoms with Crippen LogP contribution in [0.4, 0.5) is 0 Å². The Morgan fingerprint density at radius 3 is 2.47 bits per heavy atom. The van der Waals surface area contributed by atoms with Gasteiger partial charge in [-0.3, -0.25) is 0 Å². The molecule has 2 aliphatic rings. The van der Waals surface area contributed by atoms with Crippen molar-refractivity contribution in [1.29, 1.82) is 0 Å². The Balaban J connectivity index is 1.70. The molecule has 2 nitrogen and oxygen atoms in total. The van der Waals surface area contributed by atoms with Crippen LogP contribution in [-0.2, 0) is 8.85 Å². The lowest BCUT2D eigenvalue weighted by molar-refractivity contribution is 0.204. The lowest BCUT2D eigenvalue weighted by Crippen LogP contribution is -2.30. The number of hydrogen-bond acceptors (Lipinski definition) is 2. The largest absolute Gasteiger partial charge is 0.397 e. The minimum absolute atomic E-state index is 0.762. The molecule has 3 heteroatoms. The van der Waals surface area contributed by atoms with Crippen molar-refractivity contribution in [3.8, 4) is 0 Å². The molecule has 0 aromatic carbocycles. The van der Waals surface area contributed by atoms with Gasteiger partial charge in [-0.15, -0.1) is 0 Å². The average Bonchev–Trinajstić information content (AvgIpc) is 3.18. The second kappa shape index (κ2) is 7.34. The van der Waals surface area contributed by atoms with E-state index < -0.39 is 9.28 Å². The molecule has 0 aromatic heterocycles. The molecule has 1 unspecified atom stereocenters. The normalized spacial score (nSPS) is 24.3. The summed E-state index contributed by atoms with van der Waals surface area (Å²) in [5, 5.41) is 0. The Morgan fingerprint density at radius 1 is 1.06 bits per heavy atom. The van der Waals surface area contributed by atoms with Crippen LogP contribution in [0, 0.1) is 5.92 Å². The van der Waals surface area contributed by atoms with Gasteiger partial charge in [-0.05, 0) is 44.1 Å². The minimum atomic E-state index is -1.41. The summed E-state index contributed by atoms with van der Waals surface area (Å²) in [7, 11) is -1.41. The van der Waals surface area contributed by atoms with Crippen LogP contribution >= 0.6 is 0 Å². The van der Waals surface area contributed by atoms with Gasteiger partial charge in [0.15, 0.2) is 0 Å². The van der Waals surface area contributed by atoms with Gasteiger partial charge in [0.25, 0.3) is 0 Å². The maximum atomic E-state index is 6.03. The van der Waals surface area contributed by atoms with Gasteiger partial charge in [-0.2, -0.15) is 0 Å². The van der Waals surface area contributed by atoms with Crippen molar-refractivity contribution in [3.63, 3.8) is 0 Å². The van der Waals surface area contributed by atoms with Crippen LogP contribution in [0.25, 0.3) is 0 Å². The van der Waals surface area contributed by atoms with E-state index in [0.717, 1.165) is 24.7 Å². The van der Waals surface area contributed by atoms with E-state index in [1.807, 2.05) is 0 Å². The highest BCUT2D eigenvalue weighted by molar-refractivity contribution is 6.46. The molecule has 2 aliphatic carbocycles. The van der Waals surface area contributed by atoms with Crippen molar-refractivity contribution in [2.24, 2.45) is 5.92 Å². The van der Waals surface area contributed by atoms with E-state index >= 15 is 0 Å². The van der Waals surface area contributed by atoms with Gasteiger partial charge >= 0.3 is 9.28 Å². The van der Waals surface area contributed by atoms with Gasteiger partial charge in [0.1, 0.15) is 0 Å². The summed E-state index contributed by atoms with van der Waals surface area (Å²) < 4.78 is 11.9. The molecular weight excluding hydrogens is 228 g/mol. The zero-order valence-corrected chi connectivity index (χ0v) is 12.2. The molecule has 0 heterocycles. The van der Waals surface area contributed by atoms with Crippen LogP contribution in [0.3, 0.4) is 0 Å². The number of rotatable bonds is 7. The van der Waals surface area contributed by atoms with Gasteiger partial charge in [-0.1, -0.05) is 31.4 Å². The van der Waals surface area contributed by atoms with Crippen molar-refractivity contribution in [1.82, 2.24) is 0 Å². The van der Waals surface area contributed by atoms with Gasteiger partial charge < -0.3 is 8.85 Å². The minimum Gasteiger partial charge on any atom is -0.397 e. The van der Waals surface area contributed by atoms with Gasteiger partial charge in [0.05, 0.1) is 6.61 Å². The van der Waals surface area contributed by atoms with Crippen molar-refractivity contribution >= 4 is 9.28 Å². The summed E-state index contributed by atoms with van der Waals surface area (Å²) in [5.41, 5.74) is 0.762. The summed E-state index contributed by atoms with van der Waals surface area (Å²) in [6.07, 6.45) is 14.1. The lowest BCUT2D eigenvalue weighted by atomic mass is 10.0. The first-order valence-electron chi connectivity index (χ1n) is 7.30. The van der Waals surface area contributed by atoms with E-state index in [1.54, 1.807) is 0 Å². The predicted molar refractivity (Wildman–Crippen MR) is 73.4 cm³/mol. The summed E-state index contributed by atoms with van der Waals surface area (Å²) in [4.78, 5) is 0. The fourth-order valence-electron chi connectivity index (χ4n) is 2.58. The van der Waals surface area contributed by atoms with Crippen LogP contribution in [0.5, 0.6) is 0 Å². The molecule has 0 amide bonds. The summed E-state index contributed by atoms with van der Waals surface area (Å²) in [6, 6.07) is 0. The highest BCUT2D eigenvalue weighted by Gasteiger charge is 2.27. The molecule has 2 saturated carbocycles. The molecule has 17 heavy (non-hydrogen) atoms. The van der Waals surface area contributed by atoms with E-state index in [9.17, 15) is 0 Å². The Kier molecular flexibility index (Phi) is 5.75. The molecule has 0 spiro atoms. The molecule has 0 bridgehead atoms. The first-order valence-corrected chi connectivity index (χ1v) is 8.91. The lowest BCUT2D eigenvalue weighted by Gasteiger charge is -2.27. The average molecular weight is 254 g/mol. The Bertz CT molecular complexity index is 232. The van der Waals surface area contributed by atoms with Gasteiger partial charge in [0, 0.05) is 6.61 Å². The van der Waals surface area contributed by atoms with E-state index in [1.165, 1.54) is 44.9 Å². The van der Waals surface area contributed by atoms with Crippen LogP contribution in [0.1, 0.15) is 51.9 Å². The zero-order valence-electron chi connectivity index (χ0n) is 11.1. The van der Waals surface area contributed by atoms with E-state index in [2.05, 4.69) is 19.1 Å². The van der Waals surface area contributed by atoms with E-state index in [-0.39, 0.29) is 0 Å². The highest BCUT2D eigenvalue weighted by Crippen LogP contribution is 2.32. The number of hydrogen-bond donors (Lipinski definition) is 0. The topological polar surface area (TPSA) is 18.5 Å². The zero-order chi connectivity index (χ0) is 11.9. The first kappa shape index (κ1) is 13.3. The molecular formula is C14H26O2Si. The molecule has 2 fully saturated rings. The standard InChI is InChI=1S/C14H26O2Si/c1-2-15-17(14-8-4-3-5-9-14)16-12-6-7-13-10-11-13/h6-7,13-14,17H,2-5,8-12H2,1H3. The molecule has 0 aliphatic heterocycles. The molecule has 0 radical (unpaired) electrons. The quantitative estimate of drug-likeness (QED) is 0.511. The first-order chi connectivity index (χ1) is 8.40. The molecule has 0 N–H and O–H groups in total. The molecule has 1 atom stereocenters. The summed E-state index contributed by atoms with van der Waals surface area (Å²) in [6.45, 7) is 3.69. The maximum Gasteiger partial charge on any atom is 0.324 e. The van der Waals surface area contributed by atoms with Crippen molar-refractivity contribution in [2.75, 3.05) is 13.2 Å². The van der Waals surface area contributed by atoms with E-state index in [4.69, 9.17) is 8.85 Å². The monoisotopic (exact) mass is 254 g/mol.